The van der Waals surface area contributed by atoms with Gasteiger partial charge < -0.3 is 30.3 Å². The lowest BCUT2D eigenvalue weighted by molar-refractivity contribution is -0.140. The summed E-state index contributed by atoms with van der Waals surface area (Å²) in [5.74, 6) is -0.966. The zero-order valence-electron chi connectivity index (χ0n) is 26.1. The summed E-state index contributed by atoms with van der Waals surface area (Å²) in [7, 11) is 3.10. The van der Waals surface area contributed by atoms with Gasteiger partial charge in [0.05, 0.1) is 13.7 Å². The quantitative estimate of drug-likeness (QED) is 0.175. The highest BCUT2D eigenvalue weighted by molar-refractivity contribution is 5.92. The SMILES string of the molecule is CCCC[C@@H](NC(=O)OC(C)(C)C)C(=O)NCC(=O)N[C@@H](CC1CCCCC1)C(=O)N(C)CCCCCC(=O)OC. The van der Waals surface area contributed by atoms with Crippen molar-refractivity contribution < 1.29 is 33.4 Å². The van der Waals surface area contributed by atoms with E-state index in [0.29, 0.717) is 44.6 Å². The fraction of sp³-hybridized carbons (Fsp3) is 0.833. The Bertz CT molecular complexity index is 837. The monoisotopic (exact) mass is 582 g/mol. The number of hydrogen-bond acceptors (Lipinski definition) is 7. The van der Waals surface area contributed by atoms with E-state index >= 15 is 0 Å². The minimum atomic E-state index is -0.831. The van der Waals surface area contributed by atoms with E-state index in [4.69, 9.17) is 4.74 Å². The Hall–Kier alpha value is -2.85. The van der Waals surface area contributed by atoms with Crippen molar-refractivity contribution in [1.29, 1.82) is 0 Å². The summed E-state index contributed by atoms with van der Waals surface area (Å²) in [6.07, 6.45) is 9.90. The van der Waals surface area contributed by atoms with Crippen LogP contribution in [0.25, 0.3) is 0 Å². The Kier molecular flexibility index (Phi) is 17.0. The van der Waals surface area contributed by atoms with E-state index in [2.05, 4.69) is 20.7 Å². The third-order valence-electron chi connectivity index (χ3n) is 7.18. The van der Waals surface area contributed by atoms with Crippen LogP contribution in [0.5, 0.6) is 0 Å². The topological polar surface area (TPSA) is 143 Å². The molecule has 0 radical (unpaired) electrons. The van der Waals surface area contributed by atoms with Crippen LogP contribution >= 0.6 is 0 Å². The number of alkyl carbamates (subject to hydrolysis) is 1. The van der Waals surface area contributed by atoms with E-state index in [1.807, 2.05) is 6.92 Å². The Morgan fingerprint density at radius 1 is 0.927 bits per heavy atom. The van der Waals surface area contributed by atoms with Crippen LogP contribution in [0.4, 0.5) is 4.79 Å². The van der Waals surface area contributed by atoms with Crippen LogP contribution in [-0.2, 0) is 28.7 Å². The highest BCUT2D eigenvalue weighted by atomic mass is 16.6. The highest BCUT2D eigenvalue weighted by Crippen LogP contribution is 2.27. The molecule has 0 bridgehead atoms. The van der Waals surface area contributed by atoms with Gasteiger partial charge in [0.1, 0.15) is 17.7 Å². The highest BCUT2D eigenvalue weighted by Gasteiger charge is 2.29. The number of carbonyl (C=O) groups excluding carboxylic acids is 5. The molecule has 3 N–H and O–H groups in total. The lowest BCUT2D eigenvalue weighted by atomic mass is 9.84. The predicted molar refractivity (Wildman–Crippen MR) is 157 cm³/mol. The first-order valence-corrected chi connectivity index (χ1v) is 15.2. The Labute approximate surface area is 246 Å². The van der Waals surface area contributed by atoms with Gasteiger partial charge in [-0.1, -0.05) is 58.3 Å². The maximum Gasteiger partial charge on any atom is 0.408 e. The van der Waals surface area contributed by atoms with Crippen molar-refractivity contribution in [3.63, 3.8) is 0 Å². The smallest absolute Gasteiger partial charge is 0.408 e. The number of carbonyl (C=O) groups is 5. The fourth-order valence-electron chi connectivity index (χ4n) is 4.91. The molecular weight excluding hydrogens is 528 g/mol. The Balaban J connectivity index is 2.73. The second-order valence-corrected chi connectivity index (χ2v) is 12.1. The zero-order chi connectivity index (χ0) is 30.8. The molecule has 0 heterocycles. The van der Waals surface area contributed by atoms with Crippen molar-refractivity contribution in [2.24, 2.45) is 5.92 Å². The third-order valence-corrected chi connectivity index (χ3v) is 7.18. The van der Waals surface area contributed by atoms with E-state index in [1.54, 1.807) is 32.7 Å². The molecule has 0 spiro atoms. The van der Waals surface area contributed by atoms with Gasteiger partial charge >= 0.3 is 12.1 Å². The second kappa shape index (κ2) is 19.3. The van der Waals surface area contributed by atoms with Crippen LogP contribution in [0.2, 0.25) is 0 Å². The van der Waals surface area contributed by atoms with Gasteiger partial charge in [-0.2, -0.15) is 0 Å². The summed E-state index contributed by atoms with van der Waals surface area (Å²) in [6.45, 7) is 7.42. The molecule has 0 unspecified atom stereocenters. The fourth-order valence-corrected chi connectivity index (χ4v) is 4.91. The molecule has 0 aromatic carbocycles. The van der Waals surface area contributed by atoms with Crippen molar-refractivity contribution >= 4 is 29.8 Å². The normalized spacial score (nSPS) is 15.3. The number of amides is 4. The molecule has 4 amide bonds. The second-order valence-electron chi connectivity index (χ2n) is 12.1. The van der Waals surface area contributed by atoms with E-state index in [9.17, 15) is 24.0 Å². The van der Waals surface area contributed by atoms with Gasteiger partial charge in [0.2, 0.25) is 17.7 Å². The number of hydrogen-bond donors (Lipinski definition) is 3. The van der Waals surface area contributed by atoms with E-state index in [0.717, 1.165) is 44.9 Å². The molecule has 1 rings (SSSR count). The van der Waals surface area contributed by atoms with Crippen molar-refractivity contribution in [2.75, 3.05) is 27.2 Å². The molecule has 2 atom stereocenters. The molecule has 236 valence electrons. The lowest BCUT2D eigenvalue weighted by Crippen LogP contribution is -2.53. The summed E-state index contributed by atoms with van der Waals surface area (Å²) in [5, 5.41) is 8.08. The van der Waals surface area contributed by atoms with E-state index in [-0.39, 0.29) is 18.4 Å². The number of unbranched alkanes of at least 4 members (excludes halogenated alkanes) is 3. The van der Waals surface area contributed by atoms with Gasteiger partial charge in [-0.05, 0) is 52.4 Å². The van der Waals surface area contributed by atoms with Crippen LogP contribution in [0, 0.1) is 5.92 Å². The summed E-state index contributed by atoms with van der Waals surface area (Å²) in [5.41, 5.74) is -0.703. The number of methoxy groups -OCH3 is 1. The molecule has 0 aliphatic heterocycles. The van der Waals surface area contributed by atoms with Crippen LogP contribution in [0.15, 0.2) is 0 Å². The summed E-state index contributed by atoms with van der Waals surface area (Å²) in [4.78, 5) is 64.3. The minimum absolute atomic E-state index is 0.157. The molecule has 1 aliphatic carbocycles. The number of likely N-dealkylation sites (N-methyl/N-ethyl adjacent to an activating group) is 1. The Morgan fingerprint density at radius 3 is 2.22 bits per heavy atom. The summed E-state index contributed by atoms with van der Waals surface area (Å²) >= 11 is 0. The van der Waals surface area contributed by atoms with E-state index < -0.39 is 35.6 Å². The number of ether oxygens (including phenoxy) is 2. The Morgan fingerprint density at radius 2 is 1.61 bits per heavy atom. The number of nitrogens with zero attached hydrogens (tertiary/aromatic N) is 1. The molecule has 1 saturated carbocycles. The molecule has 0 aromatic rings. The van der Waals surface area contributed by atoms with Gasteiger partial charge in [-0.3, -0.25) is 19.2 Å². The molecule has 0 aromatic heterocycles. The van der Waals surface area contributed by atoms with Crippen molar-refractivity contribution in [3.05, 3.63) is 0 Å². The average molecular weight is 583 g/mol. The number of nitrogens with one attached hydrogen (secondary N) is 3. The zero-order valence-corrected chi connectivity index (χ0v) is 26.1. The van der Waals surface area contributed by atoms with Crippen molar-refractivity contribution in [2.45, 2.75) is 129 Å². The molecule has 11 heteroatoms. The molecule has 41 heavy (non-hydrogen) atoms. The van der Waals surface area contributed by atoms with Crippen LogP contribution in [-0.4, -0.2) is 79.6 Å². The lowest BCUT2D eigenvalue weighted by Gasteiger charge is -2.29. The molecule has 11 nitrogen and oxygen atoms in total. The maximum absolute atomic E-state index is 13.4. The minimum Gasteiger partial charge on any atom is -0.469 e. The predicted octanol–water partition coefficient (Wildman–Crippen LogP) is 3.83. The maximum atomic E-state index is 13.4. The third kappa shape index (κ3) is 16.2. The molecule has 0 saturated heterocycles. The van der Waals surface area contributed by atoms with Crippen LogP contribution < -0.4 is 16.0 Å². The van der Waals surface area contributed by atoms with Crippen molar-refractivity contribution in [3.8, 4) is 0 Å². The molecular formula is C30H54N4O7. The van der Waals surface area contributed by atoms with Crippen LogP contribution in [0.1, 0.15) is 111 Å². The van der Waals surface area contributed by atoms with Crippen LogP contribution in [0.3, 0.4) is 0 Å². The van der Waals surface area contributed by atoms with Gasteiger partial charge in [0.15, 0.2) is 0 Å². The van der Waals surface area contributed by atoms with Gasteiger partial charge in [-0.25, -0.2) is 4.79 Å². The number of esters is 1. The first-order valence-electron chi connectivity index (χ1n) is 15.2. The standard InChI is InChI=1S/C30H54N4O7/c1-7-8-17-23(33-29(39)41-30(2,3)4)27(37)31-21-25(35)32-24(20-22-15-11-9-12-16-22)28(38)34(5)19-14-10-13-18-26(36)40-6/h22-24H,7-21H2,1-6H3,(H,31,37)(H,32,35)(H,33,39)/t23-,24+/m1/s1. The molecule has 1 aliphatic rings. The van der Waals surface area contributed by atoms with Gasteiger partial charge in [0, 0.05) is 20.0 Å². The number of rotatable bonds is 17. The van der Waals surface area contributed by atoms with Gasteiger partial charge in [0.25, 0.3) is 0 Å². The first-order chi connectivity index (χ1) is 19.4. The van der Waals surface area contributed by atoms with E-state index in [1.165, 1.54) is 13.5 Å². The summed E-state index contributed by atoms with van der Waals surface area (Å²) < 4.78 is 9.94. The molecule has 1 fully saturated rings. The van der Waals surface area contributed by atoms with Crippen molar-refractivity contribution in [1.82, 2.24) is 20.9 Å². The first kappa shape index (κ1) is 36.2. The largest absolute Gasteiger partial charge is 0.469 e. The average Bonchev–Trinajstić information content (AvgIpc) is 2.92. The summed E-state index contributed by atoms with van der Waals surface area (Å²) in [6, 6.07) is -1.51. The van der Waals surface area contributed by atoms with Gasteiger partial charge in [-0.15, -0.1) is 0 Å².